The predicted molar refractivity (Wildman–Crippen MR) is 543 cm³/mol. The summed E-state index contributed by atoms with van der Waals surface area (Å²) in [5.74, 6) is -1.15. The minimum absolute atomic E-state index is 0.0356. The van der Waals surface area contributed by atoms with E-state index in [0.717, 1.165) is 89.0 Å². The number of alkyl halides is 6. The summed E-state index contributed by atoms with van der Waals surface area (Å²) in [7, 11) is 4.67. The van der Waals surface area contributed by atoms with Gasteiger partial charge in [0.25, 0.3) is 35.4 Å². The number of hydrogen-bond donors (Lipinski definition) is 0. The molecule has 8 heterocycles. The maximum Gasteiger partial charge on any atom is 0.573 e. The standard InChI is InChI=1S/C20H18N2O3.2C19H13F3N2O2.C19H16N2O2.C16H11ClN2OS.C16H11N3O3S/c1-24-17-10-11-18(19(14-17)25-2)20(23)22-13-12-16(21-22)9-8-15-6-4-3-5-7-15;20-19(21,22)26-17-8-4-7-15(13-17)18(25)24-12-11-16(23-24)10-9-14-5-2-1-3-6-14;20-19(21,22)26-17-10-7-15(8-11-17)18(25)24-13-12-16(23-24)9-6-14-4-2-1-3-5-14;1-23-18-11-8-16(9-12-18)19(22)21-14-13-17(20-21)10-7-15-5-3-2-4-6-15;17-15-6-2-1-5-14(15)16(20)19-10-9-12(18-19)7-8-13-4-3-11-21-13;20-16(13-10-15(19(21)22)23-11-13)18-9-8-14(17-18)7-6-12-4-2-1-3-5-12/h3-14H,1-2H3;2*1-13H;2-14H,1H3;1-11H;1-11H/b9-8+;10-9+;9-6+;10-7+;8-7+;7-6+. The van der Waals surface area contributed by atoms with Gasteiger partial charge >= 0.3 is 17.7 Å². The molecule has 0 aliphatic carbocycles. The van der Waals surface area contributed by atoms with Crippen molar-refractivity contribution in [3.8, 4) is 28.7 Å². The van der Waals surface area contributed by atoms with Crippen LogP contribution in [-0.4, -0.2) is 133 Å². The lowest BCUT2D eigenvalue weighted by Gasteiger charge is -2.09. The number of carbonyl (C=O) groups is 6. The second-order valence-electron chi connectivity index (χ2n) is 29.9. The van der Waals surface area contributed by atoms with Crippen LogP contribution in [0.1, 0.15) is 129 Å². The molecule has 0 radical (unpaired) electrons. The van der Waals surface area contributed by atoms with Crippen molar-refractivity contribution in [3.05, 3.63) is 485 Å². The third-order valence-electron chi connectivity index (χ3n) is 19.8. The zero-order valence-corrected chi connectivity index (χ0v) is 78.6. The van der Waals surface area contributed by atoms with Crippen molar-refractivity contribution in [2.24, 2.45) is 0 Å². The number of thiophene rings is 2. The first kappa shape index (κ1) is 103. The molecule has 144 heavy (non-hydrogen) atoms. The lowest BCUT2D eigenvalue weighted by atomic mass is 10.2. The van der Waals surface area contributed by atoms with Gasteiger partial charge in [0.15, 0.2) is 0 Å². The van der Waals surface area contributed by atoms with Crippen LogP contribution in [-0.2, 0) is 0 Å². The third kappa shape index (κ3) is 31.3. The highest BCUT2D eigenvalue weighted by Gasteiger charge is 2.33. The van der Waals surface area contributed by atoms with Gasteiger partial charge in [0.2, 0.25) is 0 Å². The highest BCUT2D eigenvalue weighted by atomic mass is 35.5. The monoisotopic (exact) mass is 1990 g/mol. The van der Waals surface area contributed by atoms with Crippen LogP contribution < -0.4 is 23.7 Å². The van der Waals surface area contributed by atoms with Gasteiger partial charge in [-0.2, -0.15) is 30.6 Å². The first-order valence-corrected chi connectivity index (χ1v) is 45.3. The molecule has 18 aromatic rings. The molecule has 0 amide bonds. The van der Waals surface area contributed by atoms with E-state index in [-0.39, 0.29) is 45.2 Å². The largest absolute Gasteiger partial charge is 0.573 e. The number of ether oxygens (including phenoxy) is 5. The molecule has 0 aliphatic heterocycles. The first-order chi connectivity index (χ1) is 69.6. The average Bonchev–Trinajstić information content (AvgIpc) is 1.51. The molecule has 0 aliphatic rings. The molecule has 10 aromatic carbocycles. The van der Waals surface area contributed by atoms with Crippen molar-refractivity contribution >= 4 is 148 Å². The Morgan fingerprint density at radius 3 is 1.01 bits per heavy atom. The number of nitro groups is 1. The van der Waals surface area contributed by atoms with E-state index in [0.29, 0.717) is 61.7 Å². The Bertz CT molecular complexity index is 7550. The van der Waals surface area contributed by atoms with E-state index in [1.807, 2.05) is 224 Å². The molecular formula is C109H82ClF6N13O13S2. The summed E-state index contributed by atoms with van der Waals surface area (Å²) < 4.78 is 104. The van der Waals surface area contributed by atoms with Crippen molar-refractivity contribution in [1.82, 2.24) is 58.7 Å². The summed E-state index contributed by atoms with van der Waals surface area (Å²) in [4.78, 5) is 85.6. The Balaban J connectivity index is 0.000000145. The predicted octanol–water partition coefficient (Wildman–Crippen LogP) is 25.0. The molecule has 0 bridgehead atoms. The van der Waals surface area contributed by atoms with Crippen LogP contribution in [0.4, 0.5) is 31.3 Å². The van der Waals surface area contributed by atoms with E-state index in [1.54, 1.807) is 166 Å². The van der Waals surface area contributed by atoms with Crippen molar-refractivity contribution in [2.75, 3.05) is 21.3 Å². The molecule has 722 valence electrons. The fraction of sp³-hybridized carbons (Fsp3) is 0.0459. The molecular weight excluding hydrogens is 1910 g/mol. The highest BCUT2D eigenvalue weighted by Crippen LogP contribution is 2.30. The molecule has 0 unspecified atom stereocenters. The van der Waals surface area contributed by atoms with Gasteiger partial charge in [-0.15, -0.1) is 37.7 Å². The molecule has 0 saturated carbocycles. The van der Waals surface area contributed by atoms with Crippen molar-refractivity contribution < 1.29 is 83.7 Å². The maximum atomic E-state index is 12.7. The quantitative estimate of drug-likeness (QED) is 0.0308. The lowest BCUT2D eigenvalue weighted by molar-refractivity contribution is -0.380. The smallest absolute Gasteiger partial charge is 0.497 e. The van der Waals surface area contributed by atoms with Crippen LogP contribution in [0, 0.1) is 10.1 Å². The average molecular weight is 2000 g/mol. The van der Waals surface area contributed by atoms with Crippen LogP contribution in [0.25, 0.3) is 72.9 Å². The Morgan fingerprint density at radius 1 is 0.312 bits per heavy atom. The van der Waals surface area contributed by atoms with E-state index < -0.39 is 41.1 Å². The second kappa shape index (κ2) is 50.8. The number of rotatable bonds is 24. The number of hydrogen-bond acceptors (Lipinski definition) is 21. The number of methoxy groups -OCH3 is 3. The van der Waals surface area contributed by atoms with Crippen LogP contribution in [0.2, 0.25) is 5.02 Å². The number of halogens is 7. The topological polar surface area (TPSA) is 299 Å². The Labute approximate surface area is 832 Å². The van der Waals surface area contributed by atoms with Gasteiger partial charge in [0.1, 0.15) is 28.7 Å². The normalized spacial score (nSPS) is 11.2. The van der Waals surface area contributed by atoms with E-state index in [2.05, 4.69) is 40.1 Å². The van der Waals surface area contributed by atoms with Crippen molar-refractivity contribution in [3.63, 3.8) is 0 Å². The van der Waals surface area contributed by atoms with Gasteiger partial charge in [-0.3, -0.25) is 38.9 Å². The summed E-state index contributed by atoms with van der Waals surface area (Å²) in [5, 5.41) is 39.8. The first-order valence-electron chi connectivity index (χ1n) is 43.2. The van der Waals surface area contributed by atoms with Gasteiger partial charge < -0.3 is 23.7 Å². The summed E-state index contributed by atoms with van der Waals surface area (Å²) >= 11 is 8.60. The zero-order valence-electron chi connectivity index (χ0n) is 76.2. The van der Waals surface area contributed by atoms with E-state index in [9.17, 15) is 65.2 Å². The van der Waals surface area contributed by atoms with Crippen molar-refractivity contribution in [1.29, 1.82) is 0 Å². The molecule has 8 aromatic heterocycles. The fourth-order valence-electron chi connectivity index (χ4n) is 12.8. The van der Waals surface area contributed by atoms with Crippen LogP contribution in [0.3, 0.4) is 0 Å². The molecule has 35 heteroatoms. The van der Waals surface area contributed by atoms with E-state index in [4.69, 9.17) is 25.8 Å². The van der Waals surface area contributed by atoms with E-state index in [1.165, 1.54) is 80.1 Å². The minimum Gasteiger partial charge on any atom is -0.497 e. The minimum atomic E-state index is -4.82. The van der Waals surface area contributed by atoms with Crippen molar-refractivity contribution in [2.45, 2.75) is 12.7 Å². The molecule has 0 saturated heterocycles. The molecule has 0 atom stereocenters. The molecule has 0 fully saturated rings. The maximum absolute atomic E-state index is 12.7. The van der Waals surface area contributed by atoms with Gasteiger partial charge in [-0.05, 0) is 209 Å². The third-order valence-corrected chi connectivity index (χ3v) is 21.9. The van der Waals surface area contributed by atoms with Gasteiger partial charge in [0, 0.05) is 76.3 Å². The number of benzene rings is 10. The van der Waals surface area contributed by atoms with Crippen LogP contribution in [0.15, 0.2) is 369 Å². The molecule has 0 spiro atoms. The summed E-state index contributed by atoms with van der Waals surface area (Å²) in [6.45, 7) is 0. The van der Waals surface area contributed by atoms with Gasteiger partial charge in [-0.1, -0.05) is 229 Å². The Hall–Kier alpha value is -18.4. The SMILES string of the molecule is COc1ccc(C(=O)n2ccc(/C=C/c3ccccc3)n2)c(OC)c1.COc1ccc(C(=O)n2ccc(/C=C/c3ccccc3)n2)cc1.O=C(c1ccc(OC(F)(F)F)cc1)n1ccc(/C=C/c2ccccc2)n1.O=C(c1cccc(OC(F)(F)F)c1)n1ccc(/C=C/c2ccccc2)n1.O=C(c1ccccc1Cl)n1ccc(/C=C/c2cccs2)n1.O=C(c1csc([N+](=O)[O-])c1)n1ccc(/C=C/c2ccccc2)n1. The van der Waals surface area contributed by atoms with Crippen LogP contribution in [0.5, 0.6) is 28.7 Å². The second-order valence-corrected chi connectivity index (χ2v) is 32.1. The molecule has 0 N–H and O–H groups in total. The molecule has 26 nitrogen and oxygen atoms in total. The number of nitrogens with zero attached hydrogens (tertiary/aromatic N) is 13. The zero-order chi connectivity index (χ0) is 102. The Kier molecular flexibility index (Phi) is 36.3. The lowest BCUT2D eigenvalue weighted by Crippen LogP contribution is -2.18. The number of aromatic nitrogens is 12. The fourth-order valence-corrected chi connectivity index (χ4v) is 14.3. The number of carbonyl (C=O) groups excluding carboxylic acids is 6. The van der Waals surface area contributed by atoms with E-state index >= 15 is 0 Å². The van der Waals surface area contributed by atoms with Gasteiger partial charge in [-0.25, -0.2) is 28.1 Å². The van der Waals surface area contributed by atoms with Gasteiger partial charge in [0.05, 0.1) is 82.1 Å². The summed E-state index contributed by atoms with van der Waals surface area (Å²) in [6, 6.07) is 92.9. The summed E-state index contributed by atoms with van der Waals surface area (Å²) in [6.07, 6.45) is 22.2. The summed E-state index contributed by atoms with van der Waals surface area (Å²) in [5.41, 5.74) is 11.0. The van der Waals surface area contributed by atoms with Crippen LogP contribution >= 0.6 is 34.3 Å². The molecule has 18 rings (SSSR count). The Morgan fingerprint density at radius 2 is 0.653 bits per heavy atom. The highest BCUT2D eigenvalue weighted by molar-refractivity contribution is 7.13.